The number of benzene rings is 2. The zero-order valence-corrected chi connectivity index (χ0v) is 18.5. The van der Waals surface area contributed by atoms with E-state index in [0.717, 1.165) is 67.5 Å². The molecule has 6 heteroatoms. The summed E-state index contributed by atoms with van der Waals surface area (Å²) in [4.78, 5) is 17.3. The summed E-state index contributed by atoms with van der Waals surface area (Å²) in [6.45, 7) is 8.90. The predicted octanol–water partition coefficient (Wildman–Crippen LogP) is 3.51. The average molecular weight is 419 g/mol. The van der Waals surface area contributed by atoms with Gasteiger partial charge >= 0.3 is 0 Å². The summed E-state index contributed by atoms with van der Waals surface area (Å²) < 4.78 is 7.31. The van der Waals surface area contributed by atoms with E-state index >= 15 is 0 Å². The highest BCUT2D eigenvalue weighted by molar-refractivity contribution is 5.94. The van der Waals surface area contributed by atoms with Crippen molar-refractivity contribution in [1.82, 2.24) is 19.6 Å². The fourth-order valence-electron chi connectivity index (χ4n) is 4.08. The molecule has 31 heavy (non-hydrogen) atoms. The van der Waals surface area contributed by atoms with Gasteiger partial charge in [-0.3, -0.25) is 14.4 Å². The molecule has 3 aromatic rings. The summed E-state index contributed by atoms with van der Waals surface area (Å²) in [6.07, 6.45) is 0. The zero-order chi connectivity index (χ0) is 21.8. The van der Waals surface area contributed by atoms with Crippen LogP contribution in [-0.2, 0) is 13.1 Å². The lowest BCUT2D eigenvalue weighted by molar-refractivity contribution is 0.0628. The van der Waals surface area contributed by atoms with E-state index in [9.17, 15) is 4.79 Å². The van der Waals surface area contributed by atoms with Gasteiger partial charge in [0.25, 0.3) is 5.91 Å². The van der Waals surface area contributed by atoms with Crippen LogP contribution in [0.3, 0.4) is 0 Å². The Kier molecular flexibility index (Phi) is 6.37. The zero-order valence-electron chi connectivity index (χ0n) is 18.5. The van der Waals surface area contributed by atoms with Gasteiger partial charge in [-0.05, 0) is 55.3 Å². The van der Waals surface area contributed by atoms with E-state index in [1.54, 1.807) is 7.11 Å². The van der Waals surface area contributed by atoms with Crippen LogP contribution in [-0.4, -0.2) is 58.8 Å². The minimum Gasteiger partial charge on any atom is -0.497 e. The van der Waals surface area contributed by atoms with Crippen molar-refractivity contribution in [3.05, 3.63) is 82.7 Å². The molecule has 0 spiro atoms. The third-order valence-corrected chi connectivity index (χ3v) is 5.84. The number of aromatic nitrogens is 2. The van der Waals surface area contributed by atoms with Crippen molar-refractivity contribution in [2.75, 3.05) is 33.3 Å². The van der Waals surface area contributed by atoms with Gasteiger partial charge in [0.15, 0.2) is 0 Å². The standard InChI is InChI=1S/C25H30N4O2/c1-19-15-20(2)29(26-19)18-21-7-9-23(10-8-21)25(30)28-13-11-27(12-14-28)17-22-5-4-6-24(16-22)31-3/h4-10,15-16H,11-14,17-18H2,1-3H3. The van der Waals surface area contributed by atoms with Gasteiger partial charge in [0, 0.05) is 44.0 Å². The molecule has 4 rings (SSSR count). The molecule has 0 bridgehead atoms. The molecular formula is C25H30N4O2. The van der Waals surface area contributed by atoms with E-state index < -0.39 is 0 Å². The van der Waals surface area contributed by atoms with Crippen molar-refractivity contribution in [2.24, 2.45) is 0 Å². The van der Waals surface area contributed by atoms with E-state index in [-0.39, 0.29) is 5.91 Å². The second-order valence-electron chi connectivity index (χ2n) is 8.20. The predicted molar refractivity (Wildman–Crippen MR) is 121 cm³/mol. The van der Waals surface area contributed by atoms with Crippen LogP contribution in [0.15, 0.2) is 54.6 Å². The molecule has 1 aliphatic rings. The van der Waals surface area contributed by atoms with Gasteiger partial charge in [0.05, 0.1) is 19.3 Å². The van der Waals surface area contributed by atoms with Crippen LogP contribution >= 0.6 is 0 Å². The van der Waals surface area contributed by atoms with Gasteiger partial charge < -0.3 is 9.64 Å². The van der Waals surface area contributed by atoms with Crippen LogP contribution in [0, 0.1) is 13.8 Å². The highest BCUT2D eigenvalue weighted by Crippen LogP contribution is 2.17. The second kappa shape index (κ2) is 9.35. The molecule has 0 atom stereocenters. The maximum atomic E-state index is 12.9. The van der Waals surface area contributed by atoms with Crippen LogP contribution < -0.4 is 4.74 Å². The van der Waals surface area contributed by atoms with Gasteiger partial charge in [0.1, 0.15) is 5.75 Å². The fourth-order valence-corrected chi connectivity index (χ4v) is 4.08. The first kappa shape index (κ1) is 21.1. The third kappa shape index (κ3) is 5.14. The van der Waals surface area contributed by atoms with Crippen molar-refractivity contribution in [1.29, 1.82) is 0 Å². The quantitative estimate of drug-likeness (QED) is 0.615. The first-order chi connectivity index (χ1) is 15.0. The molecule has 1 fully saturated rings. The molecule has 0 saturated carbocycles. The van der Waals surface area contributed by atoms with E-state index in [1.807, 2.05) is 52.9 Å². The molecule has 1 aromatic heterocycles. The van der Waals surface area contributed by atoms with Gasteiger partial charge in [-0.2, -0.15) is 5.10 Å². The monoisotopic (exact) mass is 418 g/mol. The number of aryl methyl sites for hydroxylation is 2. The number of piperazine rings is 1. The Bertz CT molecular complexity index is 1030. The smallest absolute Gasteiger partial charge is 0.253 e. The lowest BCUT2D eigenvalue weighted by Gasteiger charge is -2.34. The van der Waals surface area contributed by atoms with Gasteiger partial charge in [-0.15, -0.1) is 0 Å². The van der Waals surface area contributed by atoms with Crippen LogP contribution in [0.2, 0.25) is 0 Å². The summed E-state index contributed by atoms with van der Waals surface area (Å²) in [7, 11) is 1.69. The van der Waals surface area contributed by atoms with E-state index in [1.165, 1.54) is 5.56 Å². The SMILES string of the molecule is COc1cccc(CN2CCN(C(=O)c3ccc(Cn4nc(C)cc4C)cc3)CC2)c1. The van der Waals surface area contributed by atoms with Crippen molar-refractivity contribution >= 4 is 5.91 Å². The van der Waals surface area contributed by atoms with E-state index in [4.69, 9.17) is 4.74 Å². The highest BCUT2D eigenvalue weighted by atomic mass is 16.5. The Morgan fingerprint density at radius 1 is 0.935 bits per heavy atom. The number of carbonyl (C=O) groups excluding carboxylic acids is 1. The van der Waals surface area contributed by atoms with Crippen LogP contribution in [0.4, 0.5) is 0 Å². The van der Waals surface area contributed by atoms with Crippen LogP contribution in [0.5, 0.6) is 5.75 Å². The second-order valence-corrected chi connectivity index (χ2v) is 8.20. The van der Waals surface area contributed by atoms with Gasteiger partial charge in [0.2, 0.25) is 0 Å². The fraction of sp³-hybridized carbons (Fsp3) is 0.360. The number of ether oxygens (including phenoxy) is 1. The number of methoxy groups -OCH3 is 1. The summed E-state index contributed by atoms with van der Waals surface area (Å²) in [5, 5.41) is 4.51. The molecule has 0 unspecified atom stereocenters. The van der Waals surface area contributed by atoms with E-state index in [0.29, 0.717) is 0 Å². The molecule has 1 amide bonds. The Morgan fingerprint density at radius 3 is 2.32 bits per heavy atom. The summed E-state index contributed by atoms with van der Waals surface area (Å²) in [5.41, 5.74) is 5.29. The summed E-state index contributed by atoms with van der Waals surface area (Å²) in [5.74, 6) is 0.992. The Morgan fingerprint density at radius 2 is 1.68 bits per heavy atom. The maximum Gasteiger partial charge on any atom is 0.253 e. The molecule has 6 nitrogen and oxygen atoms in total. The molecule has 0 N–H and O–H groups in total. The highest BCUT2D eigenvalue weighted by Gasteiger charge is 2.22. The number of amides is 1. The number of nitrogens with zero attached hydrogens (tertiary/aromatic N) is 4. The Labute approximate surface area is 184 Å². The number of rotatable bonds is 6. The number of hydrogen-bond acceptors (Lipinski definition) is 4. The lowest BCUT2D eigenvalue weighted by Crippen LogP contribution is -2.48. The molecule has 1 saturated heterocycles. The lowest BCUT2D eigenvalue weighted by atomic mass is 10.1. The molecule has 162 valence electrons. The summed E-state index contributed by atoms with van der Waals surface area (Å²) >= 11 is 0. The molecular weight excluding hydrogens is 388 g/mol. The topological polar surface area (TPSA) is 50.6 Å². The third-order valence-electron chi connectivity index (χ3n) is 5.84. The van der Waals surface area contributed by atoms with Gasteiger partial charge in [-0.1, -0.05) is 24.3 Å². The first-order valence-electron chi connectivity index (χ1n) is 10.8. The molecule has 2 aromatic carbocycles. The summed E-state index contributed by atoms with van der Waals surface area (Å²) in [6, 6.07) is 18.2. The van der Waals surface area contributed by atoms with Gasteiger partial charge in [-0.25, -0.2) is 0 Å². The van der Waals surface area contributed by atoms with Crippen molar-refractivity contribution in [2.45, 2.75) is 26.9 Å². The largest absolute Gasteiger partial charge is 0.497 e. The molecule has 0 aliphatic carbocycles. The molecule has 1 aliphatic heterocycles. The maximum absolute atomic E-state index is 12.9. The van der Waals surface area contributed by atoms with E-state index in [2.05, 4.69) is 35.1 Å². The number of hydrogen-bond donors (Lipinski definition) is 0. The minimum absolute atomic E-state index is 0.110. The van der Waals surface area contributed by atoms with Crippen LogP contribution in [0.25, 0.3) is 0 Å². The average Bonchev–Trinajstić information content (AvgIpc) is 3.11. The van der Waals surface area contributed by atoms with Crippen molar-refractivity contribution in [3.63, 3.8) is 0 Å². The van der Waals surface area contributed by atoms with Crippen molar-refractivity contribution in [3.8, 4) is 5.75 Å². The molecule has 0 radical (unpaired) electrons. The van der Waals surface area contributed by atoms with Crippen molar-refractivity contribution < 1.29 is 9.53 Å². The molecule has 2 heterocycles. The minimum atomic E-state index is 0.110. The van der Waals surface area contributed by atoms with Crippen LogP contribution in [0.1, 0.15) is 32.9 Å². The number of carbonyl (C=O) groups is 1. The Balaban J connectivity index is 1.31. The normalized spacial score (nSPS) is 14.6. The Hall–Kier alpha value is -3.12. The first-order valence-corrected chi connectivity index (χ1v) is 10.8.